The van der Waals surface area contributed by atoms with E-state index >= 15 is 0 Å². The van der Waals surface area contributed by atoms with Crippen molar-refractivity contribution in [2.75, 3.05) is 19.5 Å². The molecular formula is C14H20N2O3. The van der Waals surface area contributed by atoms with Crippen LogP contribution < -0.4 is 20.1 Å². The number of amides is 1. The zero-order valence-electron chi connectivity index (χ0n) is 11.5. The normalized spacial score (nSPS) is 15.5. The van der Waals surface area contributed by atoms with E-state index in [2.05, 4.69) is 10.6 Å². The van der Waals surface area contributed by atoms with Gasteiger partial charge in [-0.25, -0.2) is 0 Å². The van der Waals surface area contributed by atoms with Gasteiger partial charge >= 0.3 is 0 Å². The van der Waals surface area contributed by atoms with Crippen molar-refractivity contribution in [2.24, 2.45) is 0 Å². The molecule has 2 N–H and O–H groups in total. The fraction of sp³-hybridized carbons (Fsp3) is 0.500. The summed E-state index contributed by atoms with van der Waals surface area (Å²) in [4.78, 5) is 11.8. The molecule has 5 heteroatoms. The highest BCUT2D eigenvalue weighted by Crippen LogP contribution is 2.30. The van der Waals surface area contributed by atoms with Crippen LogP contribution in [0.25, 0.3) is 0 Å². The van der Waals surface area contributed by atoms with Crippen molar-refractivity contribution in [3.8, 4) is 11.5 Å². The average molecular weight is 264 g/mol. The first-order chi connectivity index (χ1) is 9.13. The largest absolute Gasteiger partial charge is 0.493 e. The van der Waals surface area contributed by atoms with Crippen LogP contribution in [0.1, 0.15) is 19.8 Å². The van der Waals surface area contributed by atoms with Gasteiger partial charge in [-0.15, -0.1) is 0 Å². The maximum Gasteiger partial charge on any atom is 0.242 e. The third-order valence-corrected chi connectivity index (χ3v) is 3.08. The van der Waals surface area contributed by atoms with Crippen molar-refractivity contribution < 1.29 is 14.3 Å². The third kappa shape index (κ3) is 3.53. The van der Waals surface area contributed by atoms with Gasteiger partial charge in [0.15, 0.2) is 11.5 Å². The quantitative estimate of drug-likeness (QED) is 0.822. The summed E-state index contributed by atoms with van der Waals surface area (Å²) in [5.41, 5.74) is 0.830. The predicted octanol–water partition coefficient (Wildman–Crippen LogP) is 1.78. The Labute approximate surface area is 113 Å². The van der Waals surface area contributed by atoms with Crippen LogP contribution in [-0.2, 0) is 4.79 Å². The lowest BCUT2D eigenvalue weighted by Crippen LogP contribution is -2.38. The van der Waals surface area contributed by atoms with Crippen LogP contribution in [0.4, 0.5) is 5.69 Å². The Balaban J connectivity index is 1.99. The second-order valence-corrected chi connectivity index (χ2v) is 4.72. The van der Waals surface area contributed by atoms with Crippen molar-refractivity contribution in [2.45, 2.75) is 31.8 Å². The number of anilines is 1. The molecule has 0 spiro atoms. The standard InChI is InChI=1S/C14H20N2O3/c1-9(14(17)16-10-4-5-10)15-11-6-7-12(18-2)13(8-11)19-3/h6-10,15H,4-5H2,1-3H3,(H,16,17). The molecule has 0 aliphatic heterocycles. The molecule has 1 aliphatic rings. The molecular weight excluding hydrogens is 244 g/mol. The minimum atomic E-state index is -0.279. The molecule has 0 bridgehead atoms. The van der Waals surface area contributed by atoms with Crippen LogP contribution in [-0.4, -0.2) is 32.2 Å². The van der Waals surface area contributed by atoms with E-state index in [1.165, 1.54) is 0 Å². The van der Waals surface area contributed by atoms with E-state index < -0.39 is 0 Å². The van der Waals surface area contributed by atoms with E-state index in [1.54, 1.807) is 14.2 Å². The first kappa shape index (κ1) is 13.5. The summed E-state index contributed by atoms with van der Waals surface area (Å²) >= 11 is 0. The van der Waals surface area contributed by atoms with E-state index in [4.69, 9.17) is 9.47 Å². The molecule has 2 rings (SSSR count). The van der Waals surface area contributed by atoms with Crippen LogP contribution in [0.5, 0.6) is 11.5 Å². The molecule has 0 saturated heterocycles. The summed E-state index contributed by atoms with van der Waals surface area (Å²) in [6.07, 6.45) is 2.18. The monoisotopic (exact) mass is 264 g/mol. The lowest BCUT2D eigenvalue weighted by molar-refractivity contribution is -0.121. The zero-order valence-corrected chi connectivity index (χ0v) is 11.5. The molecule has 1 saturated carbocycles. The minimum absolute atomic E-state index is 0.0253. The van der Waals surface area contributed by atoms with Gasteiger partial charge < -0.3 is 20.1 Å². The van der Waals surface area contributed by atoms with Crippen molar-refractivity contribution in [3.05, 3.63) is 18.2 Å². The number of rotatable bonds is 6. The number of hydrogen-bond acceptors (Lipinski definition) is 4. The smallest absolute Gasteiger partial charge is 0.242 e. The number of methoxy groups -OCH3 is 2. The molecule has 19 heavy (non-hydrogen) atoms. The second kappa shape index (κ2) is 5.82. The molecule has 1 aromatic rings. The highest BCUT2D eigenvalue weighted by atomic mass is 16.5. The summed E-state index contributed by atoms with van der Waals surface area (Å²) < 4.78 is 10.4. The van der Waals surface area contributed by atoms with Crippen LogP contribution >= 0.6 is 0 Å². The number of benzene rings is 1. The Kier molecular flexibility index (Phi) is 4.14. The maximum absolute atomic E-state index is 11.8. The summed E-state index contributed by atoms with van der Waals surface area (Å²) in [6, 6.07) is 5.59. The van der Waals surface area contributed by atoms with Crippen LogP contribution in [0.2, 0.25) is 0 Å². The number of ether oxygens (including phenoxy) is 2. The van der Waals surface area contributed by atoms with Gasteiger partial charge in [-0.05, 0) is 31.9 Å². The average Bonchev–Trinajstić information content (AvgIpc) is 3.22. The zero-order chi connectivity index (χ0) is 13.8. The molecule has 1 unspecified atom stereocenters. The Bertz CT molecular complexity index is 458. The third-order valence-electron chi connectivity index (χ3n) is 3.08. The lowest BCUT2D eigenvalue weighted by Gasteiger charge is -2.16. The molecule has 1 aliphatic carbocycles. The highest BCUT2D eigenvalue weighted by molar-refractivity contribution is 5.84. The molecule has 0 aromatic heterocycles. The molecule has 0 radical (unpaired) electrons. The topological polar surface area (TPSA) is 59.6 Å². The molecule has 5 nitrogen and oxygen atoms in total. The predicted molar refractivity (Wildman–Crippen MR) is 73.8 cm³/mol. The van der Waals surface area contributed by atoms with Crippen molar-refractivity contribution in [1.29, 1.82) is 0 Å². The first-order valence-electron chi connectivity index (χ1n) is 6.43. The Morgan fingerprint density at radius 3 is 2.53 bits per heavy atom. The number of nitrogens with one attached hydrogen (secondary N) is 2. The van der Waals surface area contributed by atoms with Gasteiger partial charge in [-0.2, -0.15) is 0 Å². The van der Waals surface area contributed by atoms with Gasteiger partial charge in [0, 0.05) is 17.8 Å². The Morgan fingerprint density at radius 1 is 1.26 bits per heavy atom. The van der Waals surface area contributed by atoms with E-state index in [-0.39, 0.29) is 11.9 Å². The number of carbonyl (C=O) groups excluding carboxylic acids is 1. The van der Waals surface area contributed by atoms with Gasteiger partial charge in [0.1, 0.15) is 6.04 Å². The molecule has 1 atom stereocenters. The summed E-state index contributed by atoms with van der Waals surface area (Å²) in [6.45, 7) is 1.84. The fourth-order valence-corrected chi connectivity index (χ4v) is 1.80. The SMILES string of the molecule is COc1ccc(NC(C)C(=O)NC2CC2)cc1OC. The molecule has 104 valence electrons. The molecule has 1 amide bonds. The second-order valence-electron chi connectivity index (χ2n) is 4.72. The van der Waals surface area contributed by atoms with Gasteiger partial charge in [0.05, 0.1) is 14.2 Å². The van der Waals surface area contributed by atoms with Crippen molar-refractivity contribution in [1.82, 2.24) is 5.32 Å². The Morgan fingerprint density at radius 2 is 1.95 bits per heavy atom. The first-order valence-corrected chi connectivity index (χ1v) is 6.43. The van der Waals surface area contributed by atoms with E-state index in [1.807, 2.05) is 25.1 Å². The van der Waals surface area contributed by atoms with Crippen LogP contribution in [0.15, 0.2) is 18.2 Å². The maximum atomic E-state index is 11.8. The molecule has 1 aromatic carbocycles. The minimum Gasteiger partial charge on any atom is -0.493 e. The molecule has 0 heterocycles. The summed E-state index contributed by atoms with van der Waals surface area (Å²) in [5, 5.41) is 6.12. The fourth-order valence-electron chi connectivity index (χ4n) is 1.80. The summed E-state index contributed by atoms with van der Waals surface area (Å²) in [7, 11) is 3.18. The van der Waals surface area contributed by atoms with Gasteiger partial charge in [0.2, 0.25) is 5.91 Å². The van der Waals surface area contributed by atoms with Gasteiger partial charge in [-0.1, -0.05) is 0 Å². The molecule has 1 fully saturated rings. The van der Waals surface area contributed by atoms with Crippen molar-refractivity contribution >= 4 is 11.6 Å². The van der Waals surface area contributed by atoms with Crippen LogP contribution in [0.3, 0.4) is 0 Å². The van der Waals surface area contributed by atoms with E-state index in [0.29, 0.717) is 17.5 Å². The van der Waals surface area contributed by atoms with Crippen molar-refractivity contribution in [3.63, 3.8) is 0 Å². The van der Waals surface area contributed by atoms with Gasteiger partial charge in [-0.3, -0.25) is 4.79 Å². The van der Waals surface area contributed by atoms with E-state index in [0.717, 1.165) is 18.5 Å². The summed E-state index contributed by atoms with van der Waals surface area (Å²) in [5.74, 6) is 1.34. The highest BCUT2D eigenvalue weighted by Gasteiger charge is 2.25. The Hall–Kier alpha value is -1.91. The number of carbonyl (C=O) groups is 1. The van der Waals surface area contributed by atoms with Crippen LogP contribution in [0, 0.1) is 0 Å². The number of hydrogen-bond donors (Lipinski definition) is 2. The van der Waals surface area contributed by atoms with Gasteiger partial charge in [0.25, 0.3) is 0 Å². The lowest BCUT2D eigenvalue weighted by atomic mass is 10.2. The van der Waals surface area contributed by atoms with E-state index in [9.17, 15) is 4.79 Å².